The van der Waals surface area contributed by atoms with Crippen LogP contribution in [0.1, 0.15) is 29.7 Å². The first-order chi connectivity index (χ1) is 21.0. The van der Waals surface area contributed by atoms with E-state index in [1.54, 1.807) is 23.3 Å². The summed E-state index contributed by atoms with van der Waals surface area (Å²) in [6.07, 6.45) is 3.84. The summed E-state index contributed by atoms with van der Waals surface area (Å²) in [4.78, 5) is 34.0. The summed E-state index contributed by atoms with van der Waals surface area (Å²) in [6, 6.07) is 33.9. The number of esters is 1. The van der Waals surface area contributed by atoms with Crippen LogP contribution in [0.15, 0.2) is 135 Å². The number of benzene rings is 4. The van der Waals surface area contributed by atoms with Gasteiger partial charge >= 0.3 is 5.97 Å². The Kier molecular flexibility index (Phi) is 8.40. The van der Waals surface area contributed by atoms with Gasteiger partial charge in [0.1, 0.15) is 18.1 Å². The Labute approximate surface area is 257 Å². The molecule has 8 heteroatoms. The zero-order valence-electron chi connectivity index (χ0n) is 23.6. The Balaban J connectivity index is 1.40. The quantitative estimate of drug-likeness (QED) is 0.150. The van der Waals surface area contributed by atoms with E-state index in [4.69, 9.17) is 14.5 Å². The van der Waals surface area contributed by atoms with Crippen molar-refractivity contribution in [2.45, 2.75) is 24.5 Å². The van der Waals surface area contributed by atoms with E-state index in [1.165, 1.54) is 11.3 Å². The van der Waals surface area contributed by atoms with Gasteiger partial charge in [-0.1, -0.05) is 84.1 Å². The fourth-order valence-corrected chi connectivity index (χ4v) is 6.38. The lowest BCUT2D eigenvalue weighted by molar-refractivity contribution is -0.140. The molecule has 1 atom stereocenters. The summed E-state index contributed by atoms with van der Waals surface area (Å²) in [5, 5.41) is 0. The van der Waals surface area contributed by atoms with Gasteiger partial charge in [0.15, 0.2) is 4.80 Å². The maximum atomic E-state index is 14.0. The first-order valence-electron chi connectivity index (χ1n) is 13.7. The summed E-state index contributed by atoms with van der Waals surface area (Å²) >= 11 is 2.93. The minimum Gasteiger partial charge on any atom is -0.457 e. The van der Waals surface area contributed by atoms with Gasteiger partial charge in [-0.3, -0.25) is 9.36 Å². The molecule has 6 nitrogen and oxygen atoms in total. The van der Waals surface area contributed by atoms with E-state index in [-0.39, 0.29) is 12.2 Å². The van der Waals surface area contributed by atoms with Crippen molar-refractivity contribution >= 4 is 35.1 Å². The van der Waals surface area contributed by atoms with Gasteiger partial charge in [-0.2, -0.15) is 0 Å². The Morgan fingerprint density at radius 3 is 2.35 bits per heavy atom. The molecule has 1 aromatic heterocycles. The monoisotopic (exact) mass is 604 g/mol. The number of carbonyl (C=O) groups is 1. The topological polar surface area (TPSA) is 69.9 Å². The fourth-order valence-electron chi connectivity index (χ4n) is 4.93. The van der Waals surface area contributed by atoms with Gasteiger partial charge in [0.05, 0.1) is 21.8 Å². The van der Waals surface area contributed by atoms with E-state index in [0.717, 1.165) is 27.3 Å². The van der Waals surface area contributed by atoms with E-state index in [9.17, 15) is 9.59 Å². The van der Waals surface area contributed by atoms with Crippen LogP contribution >= 0.6 is 23.1 Å². The first-order valence-corrected chi connectivity index (χ1v) is 15.7. The number of hydrogen-bond donors (Lipinski definition) is 0. The Morgan fingerprint density at radius 2 is 1.63 bits per heavy atom. The molecule has 214 valence electrons. The molecule has 1 aliphatic heterocycles. The third-order valence-electron chi connectivity index (χ3n) is 7.02. The number of carbonyl (C=O) groups excluding carboxylic acids is 1. The van der Waals surface area contributed by atoms with Crippen molar-refractivity contribution in [1.29, 1.82) is 0 Å². The highest BCUT2D eigenvalue weighted by Crippen LogP contribution is 2.32. The van der Waals surface area contributed by atoms with Crippen molar-refractivity contribution in [3.63, 3.8) is 0 Å². The molecule has 0 spiro atoms. The van der Waals surface area contributed by atoms with Crippen LogP contribution in [0.4, 0.5) is 0 Å². The molecule has 6 rings (SSSR count). The van der Waals surface area contributed by atoms with Gasteiger partial charge in [-0.15, -0.1) is 11.8 Å². The van der Waals surface area contributed by atoms with Crippen molar-refractivity contribution in [3.8, 4) is 11.5 Å². The van der Waals surface area contributed by atoms with Crippen LogP contribution in [0.5, 0.6) is 11.5 Å². The summed E-state index contributed by atoms with van der Waals surface area (Å²) in [5.41, 5.74) is 3.17. The maximum Gasteiger partial charge on any atom is 0.338 e. The van der Waals surface area contributed by atoms with Crippen LogP contribution in [0.3, 0.4) is 0 Å². The number of nitrogens with zero attached hydrogens (tertiary/aromatic N) is 2. The van der Waals surface area contributed by atoms with Gasteiger partial charge in [-0.25, -0.2) is 9.79 Å². The molecule has 43 heavy (non-hydrogen) atoms. The zero-order chi connectivity index (χ0) is 29.8. The van der Waals surface area contributed by atoms with Crippen LogP contribution < -0.4 is 19.6 Å². The number of para-hydroxylation sites is 1. The second-order valence-electron chi connectivity index (χ2n) is 9.90. The molecular formula is C35H28N2O4S2. The number of thioether (sulfide) groups is 1. The van der Waals surface area contributed by atoms with E-state index in [1.807, 2.05) is 122 Å². The van der Waals surface area contributed by atoms with Gasteiger partial charge in [0, 0.05) is 4.90 Å². The average molecular weight is 605 g/mol. The molecule has 1 unspecified atom stereocenters. The van der Waals surface area contributed by atoms with Gasteiger partial charge in [0.25, 0.3) is 5.56 Å². The van der Waals surface area contributed by atoms with E-state index < -0.39 is 12.0 Å². The zero-order valence-corrected chi connectivity index (χ0v) is 25.2. The number of ether oxygens (including phenoxy) is 2. The molecule has 0 saturated heterocycles. The normalized spacial score (nSPS) is 14.7. The highest BCUT2D eigenvalue weighted by Gasteiger charge is 2.33. The predicted molar refractivity (Wildman–Crippen MR) is 171 cm³/mol. The van der Waals surface area contributed by atoms with Crippen molar-refractivity contribution in [3.05, 3.63) is 157 Å². The van der Waals surface area contributed by atoms with Gasteiger partial charge in [-0.05, 0) is 72.3 Å². The van der Waals surface area contributed by atoms with Gasteiger partial charge in [0.2, 0.25) is 0 Å². The number of thiazole rings is 1. The number of allylic oxidation sites excluding steroid dienone is 1. The molecule has 0 amide bonds. The first kappa shape index (κ1) is 28.5. The highest BCUT2D eigenvalue weighted by atomic mass is 32.2. The molecule has 0 radical (unpaired) electrons. The SMILES string of the molecule is CSc1ccc(C2C(C(=O)OCc3ccccc3)=C(C)N=c3sc(=Cc4cccc(Oc5ccccc5)c4)c(=O)n32)cc1. The standard InChI is InChI=1S/C35H28N2O4S2/c1-23-31(34(39)40-22-24-10-5-3-6-11-24)32(26-16-18-29(42-2)19-17-26)37-33(38)30(43-35(37)36-23)21-25-12-9-15-28(20-25)41-27-13-7-4-8-14-27/h3-21,32H,22H2,1-2H3. The minimum absolute atomic E-state index is 0.125. The Bertz CT molecular complexity index is 1980. The summed E-state index contributed by atoms with van der Waals surface area (Å²) in [5.74, 6) is 0.900. The Hall–Kier alpha value is -4.66. The molecule has 1 aliphatic rings. The van der Waals surface area contributed by atoms with Crippen LogP contribution in [0.2, 0.25) is 0 Å². The lowest BCUT2D eigenvalue weighted by atomic mass is 9.96. The fraction of sp³-hybridized carbons (Fsp3) is 0.114. The second kappa shape index (κ2) is 12.7. The smallest absolute Gasteiger partial charge is 0.338 e. The summed E-state index contributed by atoms with van der Waals surface area (Å²) in [6.45, 7) is 1.92. The van der Waals surface area contributed by atoms with Crippen molar-refractivity contribution < 1.29 is 14.3 Å². The van der Waals surface area contributed by atoms with Crippen LogP contribution in [0.25, 0.3) is 6.08 Å². The molecule has 2 heterocycles. The number of hydrogen-bond acceptors (Lipinski definition) is 7. The molecule has 0 N–H and O–H groups in total. The number of fused-ring (bicyclic) bond motifs is 1. The van der Waals surface area contributed by atoms with Crippen molar-refractivity contribution in [2.75, 3.05) is 6.26 Å². The molecule has 5 aromatic rings. The van der Waals surface area contributed by atoms with Crippen molar-refractivity contribution in [1.82, 2.24) is 4.57 Å². The molecule has 4 aromatic carbocycles. The lowest BCUT2D eigenvalue weighted by Crippen LogP contribution is -2.39. The maximum absolute atomic E-state index is 14.0. The van der Waals surface area contributed by atoms with Crippen LogP contribution in [0, 0.1) is 0 Å². The molecule has 0 bridgehead atoms. The summed E-state index contributed by atoms with van der Waals surface area (Å²) < 4.78 is 13.9. The lowest BCUT2D eigenvalue weighted by Gasteiger charge is -2.25. The third-order valence-corrected chi connectivity index (χ3v) is 8.75. The van der Waals surface area contributed by atoms with Crippen molar-refractivity contribution in [2.24, 2.45) is 4.99 Å². The van der Waals surface area contributed by atoms with E-state index in [0.29, 0.717) is 26.4 Å². The predicted octanol–water partition coefficient (Wildman–Crippen LogP) is 6.49. The molecule has 0 saturated carbocycles. The average Bonchev–Trinajstić information content (AvgIpc) is 3.34. The van der Waals surface area contributed by atoms with Crippen LogP contribution in [-0.4, -0.2) is 16.8 Å². The van der Waals surface area contributed by atoms with Crippen LogP contribution in [-0.2, 0) is 16.1 Å². The number of aromatic nitrogens is 1. The van der Waals surface area contributed by atoms with E-state index >= 15 is 0 Å². The molecule has 0 aliphatic carbocycles. The number of rotatable bonds is 8. The largest absolute Gasteiger partial charge is 0.457 e. The third kappa shape index (κ3) is 6.26. The van der Waals surface area contributed by atoms with Gasteiger partial charge < -0.3 is 9.47 Å². The Morgan fingerprint density at radius 1 is 0.930 bits per heavy atom. The van der Waals surface area contributed by atoms with E-state index in [2.05, 4.69) is 0 Å². The highest BCUT2D eigenvalue weighted by molar-refractivity contribution is 7.98. The minimum atomic E-state index is -0.676. The molecular weight excluding hydrogens is 577 g/mol. The molecule has 0 fully saturated rings. The second-order valence-corrected chi connectivity index (χ2v) is 11.8. The summed E-state index contributed by atoms with van der Waals surface area (Å²) in [7, 11) is 0.